The Morgan fingerprint density at radius 1 is 1.07 bits per heavy atom. The van der Waals surface area contributed by atoms with Gasteiger partial charge in [-0.05, 0) is 68.1 Å². The van der Waals surface area contributed by atoms with E-state index in [1.165, 1.54) is 11.3 Å². The molecule has 0 unspecified atom stereocenters. The van der Waals surface area contributed by atoms with Gasteiger partial charge in [0.15, 0.2) is 0 Å². The number of hydrogen-bond donors (Lipinski definition) is 1. The second kappa shape index (κ2) is 8.76. The van der Waals surface area contributed by atoms with Gasteiger partial charge in [-0.3, -0.25) is 9.69 Å². The van der Waals surface area contributed by atoms with Crippen molar-refractivity contribution in [1.29, 1.82) is 0 Å². The summed E-state index contributed by atoms with van der Waals surface area (Å²) in [5.41, 5.74) is 3.35. The van der Waals surface area contributed by atoms with Crippen LogP contribution in [0.5, 0.6) is 0 Å². The fourth-order valence-corrected chi connectivity index (χ4v) is 4.48. The van der Waals surface area contributed by atoms with E-state index in [-0.39, 0.29) is 11.3 Å². The Hall–Kier alpha value is -2.04. The molecule has 29 heavy (non-hydrogen) atoms. The lowest BCUT2D eigenvalue weighted by Gasteiger charge is -2.36. The van der Waals surface area contributed by atoms with Crippen LogP contribution >= 0.6 is 11.6 Å². The molecule has 0 bridgehead atoms. The number of nitrogens with one attached hydrogen (secondary N) is 1. The van der Waals surface area contributed by atoms with Crippen LogP contribution in [0.3, 0.4) is 0 Å². The van der Waals surface area contributed by atoms with Crippen LogP contribution in [0.2, 0.25) is 5.02 Å². The van der Waals surface area contributed by atoms with Gasteiger partial charge in [-0.1, -0.05) is 35.9 Å². The highest BCUT2D eigenvalue weighted by atomic mass is 35.5. The Morgan fingerprint density at radius 3 is 2.52 bits per heavy atom. The van der Waals surface area contributed by atoms with Crippen molar-refractivity contribution in [1.82, 2.24) is 10.2 Å². The summed E-state index contributed by atoms with van der Waals surface area (Å²) in [6.45, 7) is 8.20. The predicted molar refractivity (Wildman–Crippen MR) is 120 cm³/mol. The molecule has 1 amide bonds. The van der Waals surface area contributed by atoms with Crippen LogP contribution in [-0.4, -0.2) is 50.1 Å². The summed E-state index contributed by atoms with van der Waals surface area (Å²) in [5.74, 6) is 0.157. The molecule has 1 heterocycles. The van der Waals surface area contributed by atoms with E-state index in [4.69, 9.17) is 11.6 Å². The topological polar surface area (TPSA) is 35.6 Å². The van der Waals surface area contributed by atoms with Crippen molar-refractivity contribution in [3.63, 3.8) is 0 Å². The van der Waals surface area contributed by atoms with Crippen LogP contribution < -0.4 is 10.2 Å². The highest BCUT2D eigenvalue weighted by Crippen LogP contribution is 2.48. The smallest absolute Gasteiger partial charge is 0.230 e. The van der Waals surface area contributed by atoms with Crippen LogP contribution in [0.1, 0.15) is 30.4 Å². The van der Waals surface area contributed by atoms with E-state index < -0.39 is 0 Å². The quantitative estimate of drug-likeness (QED) is 0.699. The fraction of sp³-hybridized carbons (Fsp3) is 0.458. The van der Waals surface area contributed by atoms with Crippen molar-refractivity contribution in [2.45, 2.75) is 31.6 Å². The number of rotatable bonds is 7. The number of carbonyl (C=O) groups is 1. The van der Waals surface area contributed by atoms with E-state index in [1.54, 1.807) is 0 Å². The third kappa shape index (κ3) is 4.76. The highest BCUT2D eigenvalue weighted by molar-refractivity contribution is 6.30. The Morgan fingerprint density at radius 2 is 1.83 bits per heavy atom. The summed E-state index contributed by atoms with van der Waals surface area (Å²) >= 11 is 6.11. The molecule has 1 aliphatic carbocycles. The SMILES string of the molecule is Cc1cccc(N2CCN(CCCNC(=O)C3(c4cccc(Cl)c4)CC3)CC2)c1. The van der Waals surface area contributed by atoms with Gasteiger partial charge in [0.1, 0.15) is 0 Å². The summed E-state index contributed by atoms with van der Waals surface area (Å²) in [6.07, 6.45) is 2.82. The van der Waals surface area contributed by atoms with Gasteiger partial charge in [0.05, 0.1) is 5.41 Å². The number of halogens is 1. The standard InChI is InChI=1S/C24H30ClN3O/c1-19-5-2-8-22(17-19)28-15-13-27(14-16-28)12-4-11-26-23(29)24(9-10-24)20-6-3-7-21(25)18-20/h2-3,5-8,17-18H,4,9-16H2,1H3,(H,26,29). The highest BCUT2D eigenvalue weighted by Gasteiger charge is 2.51. The van der Waals surface area contributed by atoms with E-state index in [2.05, 4.69) is 46.3 Å². The van der Waals surface area contributed by atoms with Crippen molar-refractivity contribution in [3.05, 3.63) is 64.7 Å². The number of hydrogen-bond acceptors (Lipinski definition) is 3. The van der Waals surface area contributed by atoms with Crippen LogP contribution in [0.4, 0.5) is 5.69 Å². The number of amides is 1. The molecule has 1 aliphatic heterocycles. The minimum atomic E-state index is -0.343. The van der Waals surface area contributed by atoms with Crippen LogP contribution in [0.15, 0.2) is 48.5 Å². The van der Waals surface area contributed by atoms with E-state index in [9.17, 15) is 4.79 Å². The normalized spacial score (nSPS) is 18.5. The lowest BCUT2D eigenvalue weighted by atomic mass is 9.95. The zero-order chi connectivity index (χ0) is 20.3. The molecule has 0 radical (unpaired) electrons. The van der Waals surface area contributed by atoms with Crippen molar-refractivity contribution in [3.8, 4) is 0 Å². The first-order valence-corrected chi connectivity index (χ1v) is 11.0. The number of benzene rings is 2. The molecule has 2 aliphatic rings. The van der Waals surface area contributed by atoms with Gasteiger partial charge in [-0.15, -0.1) is 0 Å². The Bertz CT molecular complexity index is 857. The molecule has 1 N–H and O–H groups in total. The molecule has 0 aromatic heterocycles. The van der Waals surface area contributed by atoms with E-state index in [1.807, 2.05) is 24.3 Å². The van der Waals surface area contributed by atoms with Gasteiger partial charge >= 0.3 is 0 Å². The maximum atomic E-state index is 12.7. The van der Waals surface area contributed by atoms with Crippen molar-refractivity contribution < 1.29 is 4.79 Å². The average Bonchev–Trinajstić information content (AvgIpc) is 3.54. The monoisotopic (exact) mass is 411 g/mol. The Labute approximate surface area is 178 Å². The third-order valence-corrected chi connectivity index (χ3v) is 6.47. The number of aryl methyl sites for hydroxylation is 1. The molecule has 154 valence electrons. The molecule has 0 atom stereocenters. The van der Waals surface area contributed by atoms with Crippen LogP contribution in [0, 0.1) is 6.92 Å². The number of carbonyl (C=O) groups excluding carboxylic acids is 1. The summed E-state index contributed by atoms with van der Waals surface area (Å²) < 4.78 is 0. The predicted octanol–water partition coefficient (Wildman–Crippen LogP) is 4.01. The van der Waals surface area contributed by atoms with Gasteiger partial charge in [-0.25, -0.2) is 0 Å². The lowest BCUT2D eigenvalue weighted by Crippen LogP contribution is -2.47. The van der Waals surface area contributed by atoms with Crippen LogP contribution in [-0.2, 0) is 10.2 Å². The van der Waals surface area contributed by atoms with E-state index in [0.29, 0.717) is 5.02 Å². The molecule has 2 aromatic carbocycles. The largest absolute Gasteiger partial charge is 0.369 e. The number of piperazine rings is 1. The van der Waals surface area contributed by atoms with Gasteiger partial charge in [0.2, 0.25) is 5.91 Å². The fourth-order valence-electron chi connectivity index (χ4n) is 4.29. The molecular weight excluding hydrogens is 382 g/mol. The zero-order valence-corrected chi connectivity index (χ0v) is 17.9. The summed E-state index contributed by atoms with van der Waals surface area (Å²) in [7, 11) is 0. The molecule has 0 spiro atoms. The second-order valence-corrected chi connectivity index (χ2v) is 8.81. The molecular formula is C24H30ClN3O. The van der Waals surface area contributed by atoms with Crippen molar-refractivity contribution in [2.75, 3.05) is 44.2 Å². The maximum Gasteiger partial charge on any atom is 0.230 e. The maximum absolute atomic E-state index is 12.7. The number of nitrogens with zero attached hydrogens (tertiary/aromatic N) is 2. The Balaban J connectivity index is 1.18. The minimum Gasteiger partial charge on any atom is -0.369 e. The van der Waals surface area contributed by atoms with E-state index in [0.717, 1.165) is 64.1 Å². The Kier molecular flexibility index (Phi) is 6.12. The molecule has 2 fully saturated rings. The van der Waals surface area contributed by atoms with Crippen LogP contribution in [0.25, 0.3) is 0 Å². The second-order valence-electron chi connectivity index (χ2n) is 8.37. The summed E-state index contributed by atoms with van der Waals surface area (Å²) in [5, 5.41) is 3.87. The van der Waals surface area contributed by atoms with E-state index >= 15 is 0 Å². The molecule has 5 heteroatoms. The van der Waals surface area contributed by atoms with Crippen molar-refractivity contribution >= 4 is 23.2 Å². The molecule has 4 nitrogen and oxygen atoms in total. The molecule has 1 saturated heterocycles. The lowest BCUT2D eigenvalue weighted by molar-refractivity contribution is -0.123. The summed E-state index contributed by atoms with van der Waals surface area (Å²) in [4.78, 5) is 17.7. The molecule has 1 saturated carbocycles. The van der Waals surface area contributed by atoms with Gasteiger partial charge in [0, 0.05) is 43.4 Å². The van der Waals surface area contributed by atoms with Gasteiger partial charge < -0.3 is 10.2 Å². The first-order chi connectivity index (χ1) is 14.1. The first-order valence-electron chi connectivity index (χ1n) is 10.7. The first kappa shape index (κ1) is 20.2. The molecule has 2 aromatic rings. The average molecular weight is 412 g/mol. The van der Waals surface area contributed by atoms with Gasteiger partial charge in [-0.2, -0.15) is 0 Å². The summed E-state index contributed by atoms with van der Waals surface area (Å²) in [6, 6.07) is 16.5. The zero-order valence-electron chi connectivity index (χ0n) is 17.2. The minimum absolute atomic E-state index is 0.157. The third-order valence-electron chi connectivity index (χ3n) is 6.24. The number of anilines is 1. The van der Waals surface area contributed by atoms with Gasteiger partial charge in [0.25, 0.3) is 0 Å². The van der Waals surface area contributed by atoms with Crippen molar-refractivity contribution in [2.24, 2.45) is 0 Å². The molecule has 4 rings (SSSR count).